The minimum absolute atomic E-state index is 0.149. The first-order valence-electron chi connectivity index (χ1n) is 9.91. The Morgan fingerprint density at radius 1 is 1.09 bits per heavy atom. The average molecular weight is 455 g/mol. The van der Waals surface area contributed by atoms with Gasteiger partial charge in [-0.25, -0.2) is 4.79 Å². The van der Waals surface area contributed by atoms with E-state index in [9.17, 15) is 19.2 Å². The van der Waals surface area contributed by atoms with Crippen molar-refractivity contribution < 1.29 is 28.7 Å². The van der Waals surface area contributed by atoms with Gasteiger partial charge in [-0.2, -0.15) is 0 Å². The second kappa shape index (κ2) is 10.6. The molecule has 2 aromatic rings. The molecule has 1 aliphatic heterocycles. The third kappa shape index (κ3) is 5.55. The Morgan fingerprint density at radius 2 is 1.78 bits per heavy atom. The molecular formula is C23H22N2O6S. The molecule has 2 aromatic carbocycles. The van der Waals surface area contributed by atoms with Gasteiger partial charge in [0, 0.05) is 11.3 Å². The molecule has 0 aliphatic carbocycles. The summed E-state index contributed by atoms with van der Waals surface area (Å²) in [5.74, 6) is -1.20. The molecule has 0 spiro atoms. The van der Waals surface area contributed by atoms with E-state index in [-0.39, 0.29) is 24.0 Å². The molecule has 0 saturated carbocycles. The number of carbonyl (C=O) groups excluding carboxylic acids is 4. The number of hydrogen-bond acceptors (Lipinski definition) is 7. The van der Waals surface area contributed by atoms with E-state index in [0.29, 0.717) is 17.0 Å². The van der Waals surface area contributed by atoms with Crippen molar-refractivity contribution in [2.24, 2.45) is 0 Å². The van der Waals surface area contributed by atoms with Crippen LogP contribution in [0.1, 0.15) is 19.4 Å². The van der Waals surface area contributed by atoms with Crippen LogP contribution in [0.3, 0.4) is 0 Å². The summed E-state index contributed by atoms with van der Waals surface area (Å²) in [6.45, 7) is 3.01. The summed E-state index contributed by atoms with van der Waals surface area (Å²) in [6.07, 6.45) is 1.51. The number of amides is 3. The van der Waals surface area contributed by atoms with Crippen molar-refractivity contribution in [2.45, 2.75) is 19.9 Å². The minimum atomic E-state index is -1.03. The lowest BCUT2D eigenvalue weighted by atomic mass is 10.1. The highest BCUT2D eigenvalue weighted by Crippen LogP contribution is 2.35. The molecule has 0 bridgehead atoms. The monoisotopic (exact) mass is 454 g/mol. The van der Waals surface area contributed by atoms with Crippen LogP contribution in [0, 0.1) is 0 Å². The zero-order valence-electron chi connectivity index (χ0n) is 17.6. The Morgan fingerprint density at radius 3 is 2.50 bits per heavy atom. The zero-order valence-corrected chi connectivity index (χ0v) is 18.4. The summed E-state index contributed by atoms with van der Waals surface area (Å²) >= 11 is 0.731. The number of para-hydroxylation sites is 2. The van der Waals surface area contributed by atoms with Crippen LogP contribution in [0.2, 0.25) is 0 Å². The molecule has 1 aliphatic rings. The summed E-state index contributed by atoms with van der Waals surface area (Å²) in [4.78, 5) is 50.3. The lowest BCUT2D eigenvalue weighted by Crippen LogP contribution is -2.42. The van der Waals surface area contributed by atoms with Crippen LogP contribution in [-0.4, -0.2) is 47.2 Å². The summed E-state index contributed by atoms with van der Waals surface area (Å²) in [7, 11) is 0. The number of hydrogen-bond donors (Lipinski definition) is 1. The second-order valence-corrected chi connectivity index (χ2v) is 7.71. The van der Waals surface area contributed by atoms with E-state index < -0.39 is 23.2 Å². The van der Waals surface area contributed by atoms with Crippen LogP contribution < -0.4 is 10.1 Å². The van der Waals surface area contributed by atoms with Crippen molar-refractivity contribution in [1.82, 2.24) is 4.90 Å². The number of carbonyl (C=O) groups is 4. The van der Waals surface area contributed by atoms with Crippen LogP contribution >= 0.6 is 11.8 Å². The lowest BCUT2D eigenvalue weighted by Gasteiger charge is -2.19. The van der Waals surface area contributed by atoms with E-state index in [4.69, 9.17) is 9.47 Å². The average Bonchev–Trinajstić information content (AvgIpc) is 3.06. The molecule has 3 amide bonds. The Kier molecular flexibility index (Phi) is 7.67. The van der Waals surface area contributed by atoms with Gasteiger partial charge < -0.3 is 14.8 Å². The van der Waals surface area contributed by atoms with E-state index in [1.807, 2.05) is 18.2 Å². The van der Waals surface area contributed by atoms with E-state index >= 15 is 0 Å². The first-order chi connectivity index (χ1) is 15.4. The summed E-state index contributed by atoms with van der Waals surface area (Å²) in [5, 5.41) is 2.17. The maximum absolute atomic E-state index is 12.8. The summed E-state index contributed by atoms with van der Waals surface area (Å²) in [6, 6.07) is 14.8. The molecule has 1 fully saturated rings. The number of nitrogens with zero attached hydrogens (tertiary/aromatic N) is 1. The highest BCUT2D eigenvalue weighted by molar-refractivity contribution is 8.18. The molecule has 1 N–H and O–H groups in total. The van der Waals surface area contributed by atoms with Crippen LogP contribution in [0.15, 0.2) is 59.5 Å². The van der Waals surface area contributed by atoms with E-state index in [2.05, 4.69) is 5.32 Å². The molecule has 1 atom stereocenters. The SMILES string of the molecule is CCOC(=O)[C@H](C)N1C(=O)S/C(=C\c2ccccc2OCC(=O)Nc2ccccc2)C1=O. The van der Waals surface area contributed by atoms with E-state index in [0.717, 1.165) is 16.7 Å². The lowest BCUT2D eigenvalue weighted by molar-refractivity contribution is -0.150. The predicted molar refractivity (Wildman–Crippen MR) is 121 cm³/mol. The molecular weight excluding hydrogens is 432 g/mol. The van der Waals surface area contributed by atoms with Crippen LogP contribution in [-0.2, 0) is 19.1 Å². The molecule has 0 radical (unpaired) electrons. The molecule has 1 heterocycles. The Balaban J connectivity index is 1.71. The van der Waals surface area contributed by atoms with Gasteiger partial charge in [-0.05, 0) is 49.9 Å². The molecule has 8 nitrogen and oxygen atoms in total. The van der Waals surface area contributed by atoms with Gasteiger partial charge in [-0.3, -0.25) is 19.3 Å². The number of anilines is 1. The number of benzene rings is 2. The molecule has 32 heavy (non-hydrogen) atoms. The van der Waals surface area contributed by atoms with Crippen molar-refractivity contribution in [3.05, 3.63) is 65.1 Å². The highest BCUT2D eigenvalue weighted by Gasteiger charge is 2.41. The number of ether oxygens (including phenoxy) is 2. The quantitative estimate of drug-likeness (QED) is 0.479. The first-order valence-corrected chi connectivity index (χ1v) is 10.7. The standard InChI is InChI=1S/C23H22N2O6S/c1-3-30-22(28)15(2)25-21(27)19(32-23(25)29)13-16-9-7-8-12-18(16)31-14-20(26)24-17-10-5-4-6-11-17/h4-13,15H,3,14H2,1-2H3,(H,24,26)/b19-13-/t15-/m0/s1. The van der Waals surface area contributed by atoms with Crippen molar-refractivity contribution in [2.75, 3.05) is 18.5 Å². The minimum Gasteiger partial charge on any atom is -0.483 e. The van der Waals surface area contributed by atoms with Crippen LogP contribution in [0.4, 0.5) is 10.5 Å². The van der Waals surface area contributed by atoms with Crippen molar-refractivity contribution in [3.63, 3.8) is 0 Å². The van der Waals surface area contributed by atoms with Gasteiger partial charge in [0.25, 0.3) is 17.1 Å². The maximum Gasteiger partial charge on any atom is 0.329 e. The zero-order chi connectivity index (χ0) is 23.1. The number of nitrogens with one attached hydrogen (secondary N) is 1. The predicted octanol–water partition coefficient (Wildman–Crippen LogP) is 3.69. The normalized spacial score (nSPS) is 15.6. The summed E-state index contributed by atoms with van der Waals surface area (Å²) in [5.41, 5.74) is 1.17. The molecule has 0 aromatic heterocycles. The van der Waals surface area contributed by atoms with Gasteiger partial charge in [0.15, 0.2) is 6.61 Å². The fourth-order valence-electron chi connectivity index (χ4n) is 2.92. The van der Waals surface area contributed by atoms with Gasteiger partial charge in [-0.1, -0.05) is 36.4 Å². The van der Waals surface area contributed by atoms with Crippen molar-refractivity contribution in [1.29, 1.82) is 0 Å². The van der Waals surface area contributed by atoms with Gasteiger partial charge in [0.2, 0.25) is 0 Å². The van der Waals surface area contributed by atoms with E-state index in [1.54, 1.807) is 43.3 Å². The van der Waals surface area contributed by atoms with E-state index in [1.165, 1.54) is 13.0 Å². The smallest absolute Gasteiger partial charge is 0.329 e. The number of rotatable bonds is 8. The molecule has 0 unspecified atom stereocenters. The Labute approximate surface area is 189 Å². The Bertz CT molecular complexity index is 1050. The number of imide groups is 1. The summed E-state index contributed by atoms with van der Waals surface area (Å²) < 4.78 is 10.5. The molecule has 166 valence electrons. The third-order valence-electron chi connectivity index (χ3n) is 4.46. The molecule has 1 saturated heterocycles. The Hall–Kier alpha value is -3.59. The second-order valence-electron chi connectivity index (χ2n) is 6.72. The number of thioether (sulfide) groups is 1. The third-order valence-corrected chi connectivity index (χ3v) is 5.34. The molecule has 3 rings (SSSR count). The van der Waals surface area contributed by atoms with Gasteiger partial charge >= 0.3 is 5.97 Å². The highest BCUT2D eigenvalue weighted by atomic mass is 32.2. The molecule has 9 heteroatoms. The van der Waals surface area contributed by atoms with Crippen LogP contribution in [0.25, 0.3) is 6.08 Å². The van der Waals surface area contributed by atoms with Gasteiger partial charge in [-0.15, -0.1) is 0 Å². The first kappa shape index (κ1) is 23.1. The largest absolute Gasteiger partial charge is 0.483 e. The maximum atomic E-state index is 12.8. The van der Waals surface area contributed by atoms with Crippen LogP contribution in [0.5, 0.6) is 5.75 Å². The van der Waals surface area contributed by atoms with Gasteiger partial charge in [0.1, 0.15) is 11.8 Å². The fourth-order valence-corrected chi connectivity index (χ4v) is 3.82. The van der Waals surface area contributed by atoms with Crippen molar-refractivity contribution in [3.8, 4) is 5.75 Å². The van der Waals surface area contributed by atoms with Gasteiger partial charge in [0.05, 0.1) is 11.5 Å². The topological polar surface area (TPSA) is 102 Å². The van der Waals surface area contributed by atoms with Crippen molar-refractivity contribution >= 4 is 46.5 Å². The fraction of sp³-hybridized carbons (Fsp3) is 0.217. The number of esters is 1.